The quantitative estimate of drug-likeness (QED) is 0.474. The summed E-state index contributed by atoms with van der Waals surface area (Å²) in [6, 6.07) is 0.148. The predicted molar refractivity (Wildman–Crippen MR) is 38.2 cm³/mol. The van der Waals surface area contributed by atoms with Gasteiger partial charge in [0.25, 0.3) is 0 Å². The van der Waals surface area contributed by atoms with E-state index in [0.717, 1.165) is 6.42 Å². The van der Waals surface area contributed by atoms with Gasteiger partial charge in [0.2, 0.25) is 0 Å². The summed E-state index contributed by atoms with van der Waals surface area (Å²) in [4.78, 5) is 0. The van der Waals surface area contributed by atoms with Gasteiger partial charge in [-0.3, -0.25) is 0 Å². The fourth-order valence-electron chi connectivity index (χ4n) is 0.833. The summed E-state index contributed by atoms with van der Waals surface area (Å²) in [7, 11) is 1.83. The van der Waals surface area contributed by atoms with Gasteiger partial charge in [0.15, 0.2) is 0 Å². The van der Waals surface area contributed by atoms with Crippen LogP contribution in [0, 0.1) is 0 Å². The lowest BCUT2D eigenvalue weighted by Crippen LogP contribution is -2.41. The summed E-state index contributed by atoms with van der Waals surface area (Å²) < 4.78 is 0. The first-order chi connectivity index (χ1) is 4.26. The summed E-state index contributed by atoms with van der Waals surface area (Å²) in [5.41, 5.74) is 5.23. The van der Waals surface area contributed by atoms with E-state index in [1.165, 1.54) is 0 Å². The fraction of sp³-hybridized carbons (Fsp3) is 1.00. The molecule has 0 bridgehead atoms. The van der Waals surface area contributed by atoms with Crippen molar-refractivity contribution in [1.29, 1.82) is 0 Å². The van der Waals surface area contributed by atoms with Crippen molar-refractivity contribution in [2.45, 2.75) is 25.5 Å². The molecule has 0 aromatic carbocycles. The van der Waals surface area contributed by atoms with Crippen LogP contribution in [0.4, 0.5) is 0 Å². The van der Waals surface area contributed by atoms with Crippen LogP contribution in [-0.4, -0.2) is 30.8 Å². The number of likely N-dealkylation sites (N-methyl/N-ethyl adjacent to an activating group) is 1. The van der Waals surface area contributed by atoms with Crippen molar-refractivity contribution in [3.05, 3.63) is 0 Å². The van der Waals surface area contributed by atoms with Crippen LogP contribution in [0.1, 0.15) is 13.3 Å². The molecule has 0 saturated heterocycles. The zero-order chi connectivity index (χ0) is 7.28. The van der Waals surface area contributed by atoms with Gasteiger partial charge in [0, 0.05) is 12.6 Å². The fourth-order valence-corrected chi connectivity index (χ4v) is 0.833. The smallest absolute Gasteiger partial charge is 0.0814 e. The van der Waals surface area contributed by atoms with Gasteiger partial charge in [0.1, 0.15) is 0 Å². The molecule has 0 saturated carbocycles. The summed E-state index contributed by atoms with van der Waals surface area (Å²) in [5.74, 6) is 0. The zero-order valence-corrected chi connectivity index (χ0v) is 6.09. The number of aliphatic hydroxyl groups excluding tert-OH is 1. The third kappa shape index (κ3) is 2.79. The molecule has 0 radical (unpaired) electrons. The number of hydrogen-bond acceptors (Lipinski definition) is 3. The normalized spacial score (nSPS) is 17.3. The van der Waals surface area contributed by atoms with Crippen LogP contribution < -0.4 is 11.1 Å². The molecule has 0 fully saturated rings. The molecule has 0 aromatic rings. The Morgan fingerprint density at radius 2 is 2.22 bits per heavy atom. The van der Waals surface area contributed by atoms with Gasteiger partial charge in [-0.2, -0.15) is 0 Å². The molecule has 3 nitrogen and oxygen atoms in total. The highest BCUT2D eigenvalue weighted by Crippen LogP contribution is 1.94. The second kappa shape index (κ2) is 4.73. The van der Waals surface area contributed by atoms with Crippen LogP contribution in [0.5, 0.6) is 0 Å². The van der Waals surface area contributed by atoms with Crippen LogP contribution in [0.2, 0.25) is 0 Å². The topological polar surface area (TPSA) is 58.3 Å². The zero-order valence-electron chi connectivity index (χ0n) is 6.09. The van der Waals surface area contributed by atoms with E-state index in [0.29, 0.717) is 6.54 Å². The third-order valence-corrected chi connectivity index (χ3v) is 1.52. The first kappa shape index (κ1) is 8.88. The van der Waals surface area contributed by atoms with Gasteiger partial charge in [-0.15, -0.1) is 0 Å². The van der Waals surface area contributed by atoms with E-state index in [-0.39, 0.29) is 6.04 Å². The minimum absolute atomic E-state index is 0.148. The Hall–Kier alpha value is -0.120. The van der Waals surface area contributed by atoms with Gasteiger partial charge in [-0.05, 0) is 13.5 Å². The summed E-state index contributed by atoms with van der Waals surface area (Å²) in [6.45, 7) is 2.35. The van der Waals surface area contributed by atoms with E-state index >= 15 is 0 Å². The Morgan fingerprint density at radius 3 is 2.33 bits per heavy atom. The van der Waals surface area contributed by atoms with Gasteiger partial charge < -0.3 is 16.2 Å². The lowest BCUT2D eigenvalue weighted by atomic mass is 10.1. The molecule has 9 heavy (non-hydrogen) atoms. The number of nitrogens with two attached hydrogens (primary N) is 1. The van der Waals surface area contributed by atoms with E-state index in [1.54, 1.807) is 0 Å². The molecular weight excluding hydrogens is 116 g/mol. The molecule has 2 atom stereocenters. The van der Waals surface area contributed by atoms with Crippen molar-refractivity contribution in [1.82, 2.24) is 5.32 Å². The van der Waals surface area contributed by atoms with Crippen molar-refractivity contribution >= 4 is 0 Å². The number of nitrogens with one attached hydrogen (secondary N) is 1. The average molecular weight is 132 g/mol. The van der Waals surface area contributed by atoms with Gasteiger partial charge in [-0.1, -0.05) is 6.92 Å². The lowest BCUT2D eigenvalue weighted by Gasteiger charge is -2.18. The Morgan fingerprint density at radius 1 is 1.67 bits per heavy atom. The molecule has 0 aliphatic carbocycles. The molecule has 0 heterocycles. The van der Waals surface area contributed by atoms with E-state index in [9.17, 15) is 0 Å². The van der Waals surface area contributed by atoms with Crippen LogP contribution >= 0.6 is 0 Å². The second-order valence-electron chi connectivity index (χ2n) is 2.11. The predicted octanol–water partition coefficient (Wildman–Crippen LogP) is -0.696. The minimum atomic E-state index is -0.403. The highest BCUT2D eigenvalue weighted by atomic mass is 16.3. The minimum Gasteiger partial charge on any atom is -0.390 e. The molecule has 0 aliphatic rings. The molecule has 4 N–H and O–H groups in total. The van der Waals surface area contributed by atoms with Crippen LogP contribution in [-0.2, 0) is 0 Å². The Kier molecular flexibility index (Phi) is 4.67. The Bertz CT molecular complexity index is 64.1. The molecule has 0 spiro atoms. The average Bonchev–Trinajstić information content (AvgIpc) is 1.90. The summed E-state index contributed by atoms with van der Waals surface area (Å²) in [6.07, 6.45) is 0.509. The summed E-state index contributed by atoms with van der Waals surface area (Å²) in [5, 5.41) is 12.1. The lowest BCUT2D eigenvalue weighted by molar-refractivity contribution is 0.136. The number of hydrogen-bond donors (Lipinski definition) is 3. The van der Waals surface area contributed by atoms with E-state index in [2.05, 4.69) is 5.32 Å². The van der Waals surface area contributed by atoms with Gasteiger partial charge >= 0.3 is 0 Å². The van der Waals surface area contributed by atoms with Crippen LogP contribution in [0.3, 0.4) is 0 Å². The van der Waals surface area contributed by atoms with Crippen molar-refractivity contribution in [2.24, 2.45) is 5.73 Å². The first-order valence-electron chi connectivity index (χ1n) is 3.31. The molecule has 0 rings (SSSR count). The number of aliphatic hydroxyl groups is 1. The highest BCUT2D eigenvalue weighted by molar-refractivity contribution is 4.72. The van der Waals surface area contributed by atoms with Crippen molar-refractivity contribution in [3.63, 3.8) is 0 Å². The van der Waals surface area contributed by atoms with Crippen molar-refractivity contribution < 1.29 is 5.11 Å². The standard InChI is InChI=1S/C6H16N2O/c1-3-5(8-2)6(9)4-7/h5-6,8-9H,3-4,7H2,1-2H3. The first-order valence-corrected chi connectivity index (χ1v) is 3.31. The van der Waals surface area contributed by atoms with Crippen LogP contribution in [0.25, 0.3) is 0 Å². The van der Waals surface area contributed by atoms with E-state index in [4.69, 9.17) is 10.8 Å². The molecule has 0 aliphatic heterocycles. The molecular formula is C6H16N2O. The second-order valence-corrected chi connectivity index (χ2v) is 2.11. The SMILES string of the molecule is CCC(NC)C(O)CN. The number of rotatable bonds is 4. The molecule has 2 unspecified atom stereocenters. The third-order valence-electron chi connectivity index (χ3n) is 1.52. The highest BCUT2D eigenvalue weighted by Gasteiger charge is 2.11. The van der Waals surface area contributed by atoms with Gasteiger partial charge in [0.05, 0.1) is 6.10 Å². The molecule has 3 heteroatoms. The maximum atomic E-state index is 9.13. The van der Waals surface area contributed by atoms with Crippen LogP contribution in [0.15, 0.2) is 0 Å². The van der Waals surface area contributed by atoms with Crippen molar-refractivity contribution in [3.8, 4) is 0 Å². The molecule has 0 aromatic heterocycles. The monoisotopic (exact) mass is 132 g/mol. The van der Waals surface area contributed by atoms with E-state index < -0.39 is 6.10 Å². The maximum absolute atomic E-state index is 9.13. The maximum Gasteiger partial charge on any atom is 0.0814 e. The Labute approximate surface area is 56.2 Å². The van der Waals surface area contributed by atoms with Crippen molar-refractivity contribution in [2.75, 3.05) is 13.6 Å². The largest absolute Gasteiger partial charge is 0.390 e. The molecule has 56 valence electrons. The van der Waals surface area contributed by atoms with Gasteiger partial charge in [-0.25, -0.2) is 0 Å². The Balaban J connectivity index is 3.50. The molecule has 0 amide bonds. The van der Waals surface area contributed by atoms with E-state index in [1.807, 2.05) is 14.0 Å². The summed E-state index contributed by atoms with van der Waals surface area (Å²) >= 11 is 0.